The third kappa shape index (κ3) is 4.10. The van der Waals surface area contributed by atoms with Crippen molar-refractivity contribution in [2.45, 2.75) is 13.1 Å². The zero-order valence-electron chi connectivity index (χ0n) is 15.8. The van der Waals surface area contributed by atoms with Crippen LogP contribution in [0.25, 0.3) is 10.9 Å². The molecule has 1 N–H and O–H groups in total. The molecule has 30 heavy (non-hydrogen) atoms. The normalized spacial score (nSPS) is 10.9. The van der Waals surface area contributed by atoms with E-state index in [1.807, 2.05) is 0 Å². The van der Waals surface area contributed by atoms with Crippen molar-refractivity contribution >= 4 is 16.8 Å². The standard InChI is InChI=1S/C23H17F2N3O2/c24-16-11-9-15(10-12-16)13-28(23(30)17-5-1-3-7-19(17)25)14-21-26-20-8-4-2-6-18(20)22(29)27-21/h1-12H,13-14H2,(H,26,27,29). The van der Waals surface area contributed by atoms with Gasteiger partial charge in [-0.3, -0.25) is 9.59 Å². The maximum Gasteiger partial charge on any atom is 0.258 e. The third-order valence-electron chi connectivity index (χ3n) is 4.68. The highest BCUT2D eigenvalue weighted by atomic mass is 19.1. The Morgan fingerprint density at radius 3 is 2.37 bits per heavy atom. The zero-order chi connectivity index (χ0) is 21.1. The predicted molar refractivity (Wildman–Crippen MR) is 109 cm³/mol. The van der Waals surface area contributed by atoms with Crippen LogP contribution in [-0.4, -0.2) is 20.8 Å². The minimum absolute atomic E-state index is 0.0510. The Labute approximate surface area is 170 Å². The number of rotatable bonds is 5. The molecule has 5 nitrogen and oxygen atoms in total. The van der Waals surface area contributed by atoms with Crippen molar-refractivity contribution in [3.63, 3.8) is 0 Å². The van der Waals surface area contributed by atoms with E-state index in [1.54, 1.807) is 42.5 Å². The van der Waals surface area contributed by atoms with Crippen molar-refractivity contribution in [1.29, 1.82) is 0 Å². The minimum atomic E-state index is -0.647. The molecule has 1 aromatic heterocycles. The smallest absolute Gasteiger partial charge is 0.258 e. The molecule has 0 aliphatic heterocycles. The maximum absolute atomic E-state index is 14.2. The molecule has 0 saturated carbocycles. The molecule has 150 valence electrons. The van der Waals surface area contributed by atoms with Crippen LogP contribution < -0.4 is 5.56 Å². The first-order chi connectivity index (χ1) is 14.5. The molecule has 1 amide bonds. The number of carbonyl (C=O) groups excluding carboxylic acids is 1. The number of aromatic amines is 1. The van der Waals surface area contributed by atoms with Crippen LogP contribution in [0.1, 0.15) is 21.7 Å². The lowest BCUT2D eigenvalue weighted by molar-refractivity contribution is 0.0720. The summed E-state index contributed by atoms with van der Waals surface area (Å²) in [7, 11) is 0. The van der Waals surface area contributed by atoms with E-state index in [0.717, 1.165) is 0 Å². The molecular formula is C23H17F2N3O2. The van der Waals surface area contributed by atoms with Gasteiger partial charge < -0.3 is 9.88 Å². The van der Waals surface area contributed by atoms with Crippen molar-refractivity contribution in [3.8, 4) is 0 Å². The van der Waals surface area contributed by atoms with Gasteiger partial charge in [0.1, 0.15) is 17.5 Å². The lowest BCUT2D eigenvalue weighted by atomic mass is 10.1. The summed E-state index contributed by atoms with van der Waals surface area (Å²) in [6.07, 6.45) is 0. The number of para-hydroxylation sites is 1. The van der Waals surface area contributed by atoms with Crippen LogP contribution in [0.4, 0.5) is 8.78 Å². The van der Waals surface area contributed by atoms with Crippen molar-refractivity contribution in [2.24, 2.45) is 0 Å². The molecule has 0 aliphatic rings. The Kier molecular flexibility index (Phi) is 5.34. The number of benzene rings is 3. The molecule has 3 aromatic carbocycles. The van der Waals surface area contributed by atoms with E-state index in [0.29, 0.717) is 16.5 Å². The third-order valence-corrected chi connectivity index (χ3v) is 4.68. The van der Waals surface area contributed by atoms with Crippen LogP contribution in [0.5, 0.6) is 0 Å². The summed E-state index contributed by atoms with van der Waals surface area (Å²) in [6.45, 7) is 0.0363. The summed E-state index contributed by atoms with van der Waals surface area (Å²) in [4.78, 5) is 33.9. The molecule has 0 aliphatic carbocycles. The Balaban J connectivity index is 1.71. The van der Waals surface area contributed by atoms with Crippen LogP contribution >= 0.6 is 0 Å². The molecule has 0 unspecified atom stereocenters. The molecule has 0 spiro atoms. The van der Waals surface area contributed by atoms with E-state index < -0.39 is 17.5 Å². The molecule has 7 heteroatoms. The fourth-order valence-corrected chi connectivity index (χ4v) is 3.21. The number of aromatic nitrogens is 2. The Morgan fingerprint density at radius 1 is 0.900 bits per heavy atom. The van der Waals surface area contributed by atoms with Crippen LogP contribution in [0.15, 0.2) is 77.6 Å². The average Bonchev–Trinajstić information content (AvgIpc) is 2.75. The fraction of sp³-hybridized carbons (Fsp3) is 0.0870. The van der Waals surface area contributed by atoms with E-state index in [9.17, 15) is 18.4 Å². The number of hydrogen-bond donors (Lipinski definition) is 1. The van der Waals surface area contributed by atoms with Gasteiger partial charge in [0.25, 0.3) is 11.5 Å². The molecule has 0 radical (unpaired) electrons. The zero-order valence-corrected chi connectivity index (χ0v) is 15.8. The van der Waals surface area contributed by atoms with Gasteiger partial charge in [0, 0.05) is 6.54 Å². The SMILES string of the molecule is O=C(c1ccccc1F)N(Cc1ccc(F)cc1)Cc1nc2ccccc2c(=O)[nH]1. The maximum atomic E-state index is 14.2. The lowest BCUT2D eigenvalue weighted by Crippen LogP contribution is -2.32. The number of amides is 1. The summed E-state index contributed by atoms with van der Waals surface area (Å²) in [5, 5.41) is 0.437. The van der Waals surface area contributed by atoms with E-state index >= 15 is 0 Å². The molecule has 1 heterocycles. The fourth-order valence-electron chi connectivity index (χ4n) is 3.21. The predicted octanol–water partition coefficient (Wildman–Crippen LogP) is 4.04. The molecule has 0 atom stereocenters. The quantitative estimate of drug-likeness (QED) is 0.545. The summed E-state index contributed by atoms with van der Waals surface area (Å²) in [5.41, 5.74) is 0.735. The van der Waals surface area contributed by atoms with Crippen LogP contribution in [0.3, 0.4) is 0 Å². The summed E-state index contributed by atoms with van der Waals surface area (Å²) < 4.78 is 27.5. The number of fused-ring (bicyclic) bond motifs is 1. The first-order valence-electron chi connectivity index (χ1n) is 9.27. The van der Waals surface area contributed by atoms with E-state index in [4.69, 9.17) is 0 Å². The monoisotopic (exact) mass is 405 g/mol. The molecule has 4 rings (SSSR count). The van der Waals surface area contributed by atoms with Crippen LogP contribution in [0, 0.1) is 11.6 Å². The van der Waals surface area contributed by atoms with Crippen molar-refractivity contribution in [1.82, 2.24) is 14.9 Å². The van der Waals surface area contributed by atoms with Gasteiger partial charge in [-0.1, -0.05) is 36.4 Å². The van der Waals surface area contributed by atoms with Crippen LogP contribution in [0.2, 0.25) is 0 Å². The molecular weight excluding hydrogens is 388 g/mol. The number of carbonyl (C=O) groups is 1. The van der Waals surface area contributed by atoms with Gasteiger partial charge in [-0.05, 0) is 42.0 Å². The highest BCUT2D eigenvalue weighted by Gasteiger charge is 2.21. The van der Waals surface area contributed by atoms with Gasteiger partial charge >= 0.3 is 0 Å². The largest absolute Gasteiger partial charge is 0.327 e. The topological polar surface area (TPSA) is 66.1 Å². The molecule has 0 saturated heterocycles. The lowest BCUT2D eigenvalue weighted by Gasteiger charge is -2.23. The van der Waals surface area contributed by atoms with Gasteiger partial charge in [0.2, 0.25) is 0 Å². The molecule has 0 bridgehead atoms. The molecule has 0 fully saturated rings. The van der Waals surface area contributed by atoms with Crippen molar-refractivity contribution in [2.75, 3.05) is 0 Å². The minimum Gasteiger partial charge on any atom is -0.327 e. The number of nitrogens with zero attached hydrogens (tertiary/aromatic N) is 2. The summed E-state index contributed by atoms with van der Waals surface area (Å²) in [6, 6.07) is 18.2. The first-order valence-corrected chi connectivity index (χ1v) is 9.27. The molecule has 4 aromatic rings. The van der Waals surface area contributed by atoms with Gasteiger partial charge in [0.15, 0.2) is 0 Å². The average molecular weight is 405 g/mol. The highest BCUT2D eigenvalue weighted by Crippen LogP contribution is 2.16. The Bertz CT molecular complexity index is 1270. The first kappa shape index (κ1) is 19.4. The van der Waals surface area contributed by atoms with Crippen molar-refractivity contribution in [3.05, 3.63) is 112 Å². The number of hydrogen-bond acceptors (Lipinski definition) is 3. The summed E-state index contributed by atoms with van der Waals surface area (Å²) in [5.74, 6) is -1.34. The van der Waals surface area contributed by atoms with Gasteiger partial charge in [-0.25, -0.2) is 13.8 Å². The second-order valence-electron chi connectivity index (χ2n) is 6.80. The second-order valence-corrected chi connectivity index (χ2v) is 6.80. The highest BCUT2D eigenvalue weighted by molar-refractivity contribution is 5.94. The van der Waals surface area contributed by atoms with E-state index in [1.165, 1.54) is 35.2 Å². The van der Waals surface area contributed by atoms with Crippen LogP contribution in [-0.2, 0) is 13.1 Å². The van der Waals surface area contributed by atoms with Crippen molar-refractivity contribution < 1.29 is 13.6 Å². The Morgan fingerprint density at radius 2 is 1.60 bits per heavy atom. The number of H-pyrrole nitrogens is 1. The van der Waals surface area contributed by atoms with E-state index in [-0.39, 0.29) is 30.0 Å². The second kappa shape index (κ2) is 8.24. The van der Waals surface area contributed by atoms with Gasteiger partial charge in [-0.2, -0.15) is 0 Å². The summed E-state index contributed by atoms with van der Waals surface area (Å²) >= 11 is 0. The number of halogens is 2. The van der Waals surface area contributed by atoms with Gasteiger partial charge in [0.05, 0.1) is 23.0 Å². The Hall–Kier alpha value is -3.87. The van der Waals surface area contributed by atoms with Gasteiger partial charge in [-0.15, -0.1) is 0 Å². The van der Waals surface area contributed by atoms with E-state index in [2.05, 4.69) is 9.97 Å². The number of nitrogens with one attached hydrogen (secondary N) is 1.